The molecular weight excluding hydrogens is 343 g/mol. The molecule has 0 aromatic heterocycles. The molecule has 0 unspecified atom stereocenters. The van der Waals surface area contributed by atoms with E-state index in [1.54, 1.807) is 11.1 Å². The average molecular weight is 382 g/mol. The van der Waals surface area contributed by atoms with Gasteiger partial charge in [0.15, 0.2) is 0 Å². The van der Waals surface area contributed by atoms with Crippen LogP contribution < -0.4 is 0 Å². The third kappa shape index (κ3) is 11.0. The van der Waals surface area contributed by atoms with Crippen molar-refractivity contribution in [2.24, 2.45) is 0 Å². The van der Waals surface area contributed by atoms with E-state index in [4.69, 9.17) is 0 Å². The Morgan fingerprint density at radius 1 is 0.682 bits per heavy atom. The van der Waals surface area contributed by atoms with E-state index in [1.165, 1.54) is 96.3 Å². The van der Waals surface area contributed by atoms with Crippen LogP contribution in [0.2, 0.25) is 0 Å². The van der Waals surface area contributed by atoms with Gasteiger partial charge >= 0.3 is 0 Å². The molecule has 126 valence electrons. The molecule has 0 aromatic carbocycles. The number of rotatable bonds is 14. The minimum atomic E-state index is 0. The predicted molar refractivity (Wildman–Crippen MR) is 96.8 cm³/mol. The summed E-state index contributed by atoms with van der Waals surface area (Å²) in [5.74, 6) is 0. The molecule has 1 aliphatic rings. The summed E-state index contributed by atoms with van der Waals surface area (Å²) in [5, 5.41) is 0. The van der Waals surface area contributed by atoms with Gasteiger partial charge < -0.3 is 0 Å². The van der Waals surface area contributed by atoms with E-state index in [2.05, 4.69) is 26.0 Å². The van der Waals surface area contributed by atoms with E-state index in [0.717, 1.165) is 0 Å². The summed E-state index contributed by atoms with van der Waals surface area (Å²) in [4.78, 5) is 0. The van der Waals surface area contributed by atoms with Crippen molar-refractivity contribution in [2.75, 3.05) is 0 Å². The molecule has 0 aliphatic heterocycles. The largest absolute Gasteiger partial charge is 0.0802 e. The fourth-order valence-corrected chi connectivity index (χ4v) is 3.33. The maximum absolute atomic E-state index is 2.42. The van der Waals surface area contributed by atoms with Crippen molar-refractivity contribution in [1.82, 2.24) is 0 Å². The molecule has 0 amide bonds. The van der Waals surface area contributed by atoms with Gasteiger partial charge in [-0.15, -0.1) is 0 Å². The van der Waals surface area contributed by atoms with E-state index < -0.39 is 0 Å². The number of unbranched alkanes of at least 4 members (excludes halogenated alkanes) is 10. The Labute approximate surface area is 159 Å². The second-order valence-electron chi connectivity index (χ2n) is 6.77. The summed E-state index contributed by atoms with van der Waals surface area (Å²) >= 11 is 0. The monoisotopic (exact) mass is 380 g/mol. The van der Waals surface area contributed by atoms with Gasteiger partial charge in [-0.3, -0.25) is 0 Å². The van der Waals surface area contributed by atoms with Gasteiger partial charge in [-0.25, -0.2) is 0 Å². The first-order valence-electron chi connectivity index (χ1n) is 9.76. The molecule has 0 nitrogen and oxygen atoms in total. The zero-order valence-electron chi connectivity index (χ0n) is 15.3. The van der Waals surface area contributed by atoms with Crippen molar-refractivity contribution >= 4 is 0 Å². The van der Waals surface area contributed by atoms with E-state index in [-0.39, 0.29) is 26.2 Å². The second-order valence-corrected chi connectivity index (χ2v) is 6.77. The molecule has 1 heteroatoms. The molecule has 0 aromatic rings. The summed E-state index contributed by atoms with van der Waals surface area (Å²) in [6.07, 6.45) is 25.8. The summed E-state index contributed by atoms with van der Waals surface area (Å²) in [6, 6.07) is 0. The minimum absolute atomic E-state index is 0. The van der Waals surface area contributed by atoms with Crippen molar-refractivity contribution in [3.8, 4) is 0 Å². The van der Waals surface area contributed by atoms with Crippen molar-refractivity contribution in [2.45, 2.75) is 110 Å². The van der Waals surface area contributed by atoms with Crippen LogP contribution in [0.4, 0.5) is 0 Å². The molecule has 0 radical (unpaired) electrons. The Kier molecular flexibility index (Phi) is 16.5. The summed E-state index contributed by atoms with van der Waals surface area (Å²) in [5.41, 5.74) is 3.46. The first-order chi connectivity index (χ1) is 10.4. The Morgan fingerprint density at radius 2 is 1.18 bits per heavy atom. The molecule has 0 heterocycles. The van der Waals surface area contributed by atoms with Gasteiger partial charge in [0.25, 0.3) is 0 Å². The molecule has 0 fully saturated rings. The van der Waals surface area contributed by atoms with Crippen molar-refractivity contribution < 1.29 is 26.2 Å². The average Bonchev–Trinajstić information content (AvgIpc) is 2.94. The Hall–Kier alpha value is 0.363. The predicted octanol–water partition coefficient (Wildman–Crippen LogP) is 7.74. The molecular formula is C21H38Zr. The molecule has 0 spiro atoms. The Balaban J connectivity index is 0.00000441. The standard InChI is InChI=1S/C21H38.Zr/c1-3-5-7-9-11-13-16-20-18-15-19-21(20)17-14-12-10-8-6-4-2;/h15,18H,3-14,16-17,19H2,1-2H3;. The summed E-state index contributed by atoms with van der Waals surface area (Å²) in [6.45, 7) is 4.59. The van der Waals surface area contributed by atoms with Gasteiger partial charge in [-0.2, -0.15) is 0 Å². The zero-order valence-corrected chi connectivity index (χ0v) is 17.7. The SMILES string of the molecule is CCCCCCCCC1=C(CCCCCCCC)CC=C1.[Zr]. The smallest absolute Gasteiger partial charge is 0 e. The molecule has 0 saturated heterocycles. The fraction of sp³-hybridized carbons (Fsp3) is 0.810. The molecule has 22 heavy (non-hydrogen) atoms. The van der Waals surface area contributed by atoms with Gasteiger partial charge in [0.1, 0.15) is 0 Å². The number of allylic oxidation sites excluding steroid dienone is 4. The van der Waals surface area contributed by atoms with E-state index in [9.17, 15) is 0 Å². The number of hydrogen-bond acceptors (Lipinski definition) is 0. The van der Waals surface area contributed by atoms with Crippen LogP contribution in [-0.4, -0.2) is 0 Å². The minimum Gasteiger partial charge on any atom is -0.0802 e. The van der Waals surface area contributed by atoms with Crippen LogP contribution in [0.1, 0.15) is 110 Å². The molecule has 0 bridgehead atoms. The third-order valence-electron chi connectivity index (χ3n) is 4.77. The normalized spacial score (nSPS) is 13.7. The summed E-state index contributed by atoms with van der Waals surface area (Å²) < 4.78 is 0. The van der Waals surface area contributed by atoms with E-state index in [1.807, 2.05) is 0 Å². The van der Waals surface area contributed by atoms with Gasteiger partial charge in [0.2, 0.25) is 0 Å². The molecule has 1 aliphatic carbocycles. The van der Waals surface area contributed by atoms with Gasteiger partial charge in [-0.05, 0) is 37.7 Å². The first kappa shape index (κ1) is 22.4. The van der Waals surface area contributed by atoms with E-state index >= 15 is 0 Å². The second kappa shape index (κ2) is 16.2. The van der Waals surface area contributed by atoms with Crippen LogP contribution >= 0.6 is 0 Å². The van der Waals surface area contributed by atoms with Crippen molar-refractivity contribution in [3.05, 3.63) is 23.3 Å². The van der Waals surface area contributed by atoms with Crippen LogP contribution in [0.3, 0.4) is 0 Å². The van der Waals surface area contributed by atoms with Crippen LogP contribution in [0.5, 0.6) is 0 Å². The van der Waals surface area contributed by atoms with E-state index in [0.29, 0.717) is 0 Å². The molecule has 0 atom stereocenters. The van der Waals surface area contributed by atoms with Crippen LogP contribution in [0.25, 0.3) is 0 Å². The maximum Gasteiger partial charge on any atom is 0 e. The molecule has 1 rings (SSSR count). The topological polar surface area (TPSA) is 0 Å². The summed E-state index contributed by atoms with van der Waals surface area (Å²) in [7, 11) is 0. The molecule has 0 N–H and O–H groups in total. The van der Waals surface area contributed by atoms with Crippen LogP contribution in [-0.2, 0) is 26.2 Å². The van der Waals surface area contributed by atoms with Crippen LogP contribution in [0.15, 0.2) is 23.3 Å². The van der Waals surface area contributed by atoms with Crippen molar-refractivity contribution in [1.29, 1.82) is 0 Å². The van der Waals surface area contributed by atoms with Crippen LogP contribution in [0, 0.1) is 0 Å². The Morgan fingerprint density at radius 3 is 1.77 bits per heavy atom. The fourth-order valence-electron chi connectivity index (χ4n) is 3.33. The van der Waals surface area contributed by atoms with Crippen molar-refractivity contribution in [3.63, 3.8) is 0 Å². The number of hydrogen-bond donors (Lipinski definition) is 0. The first-order valence-corrected chi connectivity index (χ1v) is 9.76. The maximum atomic E-state index is 2.42. The quantitative estimate of drug-likeness (QED) is 0.270. The Bertz CT molecular complexity index is 301. The van der Waals surface area contributed by atoms with Gasteiger partial charge in [-0.1, -0.05) is 95.8 Å². The van der Waals surface area contributed by atoms with Gasteiger partial charge in [0, 0.05) is 26.2 Å². The third-order valence-corrected chi connectivity index (χ3v) is 4.77. The molecule has 0 saturated carbocycles. The zero-order chi connectivity index (χ0) is 15.2. The van der Waals surface area contributed by atoms with Gasteiger partial charge in [0.05, 0.1) is 0 Å².